The number of hydrogen-bond donors (Lipinski definition) is 0. The molecule has 0 radical (unpaired) electrons. The van der Waals surface area contributed by atoms with Crippen LogP contribution >= 0.6 is 0 Å². The van der Waals surface area contributed by atoms with Crippen LogP contribution in [0.1, 0.15) is 17.3 Å². The summed E-state index contributed by atoms with van der Waals surface area (Å²) in [5.74, 6) is -0.285. The van der Waals surface area contributed by atoms with Gasteiger partial charge in [0, 0.05) is 5.39 Å². The van der Waals surface area contributed by atoms with Crippen LogP contribution in [0.5, 0.6) is 0 Å². The van der Waals surface area contributed by atoms with Crippen molar-refractivity contribution < 1.29 is 14.1 Å². The summed E-state index contributed by atoms with van der Waals surface area (Å²) < 4.78 is 11.0. The smallest absolute Gasteiger partial charge is 0.372 e. The molecular weight excluding hydrogens is 272 g/mol. The van der Waals surface area contributed by atoms with Gasteiger partial charge in [-0.2, -0.15) is 4.74 Å². The van der Waals surface area contributed by atoms with Gasteiger partial charge in [-0.3, -0.25) is 0 Å². The van der Waals surface area contributed by atoms with E-state index in [1.54, 1.807) is 13.0 Å². The van der Waals surface area contributed by atoms with E-state index in [4.69, 9.17) is 9.26 Å². The van der Waals surface area contributed by atoms with E-state index in [2.05, 4.69) is 4.98 Å². The fourth-order valence-electron chi connectivity index (χ4n) is 1.97. The van der Waals surface area contributed by atoms with Crippen molar-refractivity contribution in [3.05, 3.63) is 58.6 Å². The molecule has 2 aromatic heterocycles. The molecule has 3 rings (SSSR count). The monoisotopic (exact) mass is 284 g/mol. The summed E-state index contributed by atoms with van der Waals surface area (Å²) in [5.41, 5.74) is -0.126. The number of pyridine rings is 1. The highest BCUT2D eigenvalue weighted by molar-refractivity contribution is 5.88. The summed E-state index contributed by atoms with van der Waals surface area (Å²) in [6.07, 6.45) is 1.29. The number of esters is 1. The molecule has 0 atom stereocenters. The molecule has 0 aliphatic carbocycles. The van der Waals surface area contributed by atoms with Gasteiger partial charge in [-0.05, 0) is 25.1 Å². The standard InChI is InChI=1S/C15H12N2O4/c1-2-20-14(18)11-9-17(21-15(11)19)13-8-7-10-5-3-4-6-12(10)16-13/h3-9H,2H2,1H3. The first kappa shape index (κ1) is 13.1. The van der Waals surface area contributed by atoms with Gasteiger partial charge in [0.2, 0.25) is 0 Å². The summed E-state index contributed by atoms with van der Waals surface area (Å²) >= 11 is 0. The second kappa shape index (κ2) is 5.24. The van der Waals surface area contributed by atoms with Crippen LogP contribution < -0.4 is 5.63 Å². The van der Waals surface area contributed by atoms with Crippen LogP contribution in [0.3, 0.4) is 0 Å². The summed E-state index contributed by atoms with van der Waals surface area (Å²) in [6, 6.07) is 11.1. The van der Waals surface area contributed by atoms with Gasteiger partial charge >= 0.3 is 11.6 Å². The van der Waals surface area contributed by atoms with Crippen molar-refractivity contribution in [2.24, 2.45) is 0 Å². The number of benzene rings is 1. The normalized spacial score (nSPS) is 10.7. The van der Waals surface area contributed by atoms with Gasteiger partial charge in [0.05, 0.1) is 18.3 Å². The van der Waals surface area contributed by atoms with Crippen molar-refractivity contribution in [2.45, 2.75) is 6.92 Å². The van der Waals surface area contributed by atoms with Crippen LogP contribution in [-0.4, -0.2) is 22.3 Å². The van der Waals surface area contributed by atoms with E-state index >= 15 is 0 Å². The zero-order valence-electron chi connectivity index (χ0n) is 11.3. The van der Waals surface area contributed by atoms with Crippen LogP contribution in [0, 0.1) is 0 Å². The lowest BCUT2D eigenvalue weighted by Gasteiger charge is -2.01. The summed E-state index contributed by atoms with van der Waals surface area (Å²) in [5, 5.41) is 0.973. The number of nitrogens with zero attached hydrogens (tertiary/aromatic N) is 2. The van der Waals surface area contributed by atoms with Gasteiger partial charge in [0.1, 0.15) is 0 Å². The molecule has 1 aromatic carbocycles. The molecule has 0 fully saturated rings. The molecular formula is C15H12N2O4. The van der Waals surface area contributed by atoms with Crippen molar-refractivity contribution in [2.75, 3.05) is 6.61 Å². The molecule has 2 heterocycles. The quantitative estimate of drug-likeness (QED) is 0.689. The molecule has 106 valence electrons. The van der Waals surface area contributed by atoms with Crippen molar-refractivity contribution in [1.29, 1.82) is 0 Å². The number of para-hydroxylation sites is 1. The molecule has 0 spiro atoms. The third-order valence-corrected chi connectivity index (χ3v) is 2.95. The van der Waals surface area contributed by atoms with E-state index in [9.17, 15) is 9.59 Å². The third kappa shape index (κ3) is 2.43. The number of carbonyl (C=O) groups excluding carboxylic acids is 1. The van der Waals surface area contributed by atoms with E-state index in [-0.39, 0.29) is 12.2 Å². The maximum Gasteiger partial charge on any atom is 0.372 e. The van der Waals surface area contributed by atoms with Crippen LogP contribution in [0.25, 0.3) is 16.7 Å². The van der Waals surface area contributed by atoms with E-state index in [0.29, 0.717) is 5.82 Å². The van der Waals surface area contributed by atoms with Gasteiger partial charge in [-0.1, -0.05) is 18.2 Å². The Morgan fingerprint density at radius 3 is 2.90 bits per heavy atom. The molecule has 21 heavy (non-hydrogen) atoms. The zero-order valence-corrected chi connectivity index (χ0v) is 11.3. The maximum atomic E-state index is 11.7. The van der Waals surface area contributed by atoms with E-state index in [1.165, 1.54) is 10.9 Å². The Balaban J connectivity index is 2.05. The van der Waals surface area contributed by atoms with E-state index in [1.807, 2.05) is 30.3 Å². The lowest BCUT2D eigenvalue weighted by molar-refractivity contribution is 0.0523. The third-order valence-electron chi connectivity index (χ3n) is 2.95. The van der Waals surface area contributed by atoms with Crippen molar-refractivity contribution >= 4 is 16.9 Å². The topological polar surface area (TPSA) is 74.3 Å². The van der Waals surface area contributed by atoms with Crippen LogP contribution in [0.2, 0.25) is 0 Å². The molecule has 0 saturated carbocycles. The van der Waals surface area contributed by atoms with Crippen LogP contribution in [0.4, 0.5) is 0 Å². The van der Waals surface area contributed by atoms with E-state index < -0.39 is 11.6 Å². The SMILES string of the molecule is CCOC(=O)c1cn(-c2ccc3ccccc3n2)oc1=O. The van der Waals surface area contributed by atoms with Gasteiger partial charge in [0.25, 0.3) is 0 Å². The van der Waals surface area contributed by atoms with Gasteiger partial charge in [0.15, 0.2) is 11.4 Å². The molecule has 0 aliphatic rings. The largest absolute Gasteiger partial charge is 0.462 e. The first-order valence-electron chi connectivity index (χ1n) is 6.45. The molecule has 0 unspecified atom stereocenters. The molecule has 6 nitrogen and oxygen atoms in total. The molecule has 0 aliphatic heterocycles. The summed E-state index contributed by atoms with van der Waals surface area (Å²) in [4.78, 5) is 27.7. The molecule has 0 N–H and O–H groups in total. The zero-order chi connectivity index (χ0) is 14.8. The molecule has 0 saturated heterocycles. The number of hydrogen-bond acceptors (Lipinski definition) is 5. The number of rotatable bonds is 3. The van der Waals surface area contributed by atoms with Gasteiger partial charge in [-0.25, -0.2) is 14.6 Å². The molecule has 6 heteroatoms. The van der Waals surface area contributed by atoms with Crippen molar-refractivity contribution in [1.82, 2.24) is 9.72 Å². The Labute approximate surface area is 119 Å². The Hall–Kier alpha value is -2.89. The highest BCUT2D eigenvalue weighted by Gasteiger charge is 2.17. The predicted octanol–water partition coefficient (Wildman–Crippen LogP) is 2.16. The van der Waals surface area contributed by atoms with Gasteiger partial charge < -0.3 is 9.26 Å². The van der Waals surface area contributed by atoms with Gasteiger partial charge in [-0.15, -0.1) is 0 Å². The summed E-state index contributed by atoms with van der Waals surface area (Å²) in [6.45, 7) is 1.86. The number of fused-ring (bicyclic) bond motifs is 1. The van der Waals surface area contributed by atoms with E-state index in [0.717, 1.165) is 10.9 Å². The molecule has 0 bridgehead atoms. The maximum absolute atomic E-state index is 11.7. The predicted molar refractivity (Wildman–Crippen MR) is 75.6 cm³/mol. The molecule has 0 amide bonds. The molecule has 3 aromatic rings. The minimum atomic E-state index is -0.747. The number of carbonyl (C=O) groups is 1. The fraction of sp³-hybridized carbons (Fsp3) is 0.133. The average molecular weight is 284 g/mol. The van der Waals surface area contributed by atoms with Crippen molar-refractivity contribution in [3.8, 4) is 5.82 Å². The highest BCUT2D eigenvalue weighted by atomic mass is 16.5. The van der Waals surface area contributed by atoms with Crippen molar-refractivity contribution in [3.63, 3.8) is 0 Å². The lowest BCUT2D eigenvalue weighted by Crippen LogP contribution is -2.12. The Kier molecular flexibility index (Phi) is 3.27. The lowest BCUT2D eigenvalue weighted by atomic mass is 10.2. The number of ether oxygens (including phenoxy) is 1. The first-order valence-corrected chi connectivity index (χ1v) is 6.45. The highest BCUT2D eigenvalue weighted by Crippen LogP contribution is 2.14. The fourth-order valence-corrected chi connectivity index (χ4v) is 1.97. The Morgan fingerprint density at radius 1 is 1.29 bits per heavy atom. The second-order valence-electron chi connectivity index (χ2n) is 4.33. The summed E-state index contributed by atoms with van der Waals surface area (Å²) in [7, 11) is 0. The average Bonchev–Trinajstić information content (AvgIpc) is 2.89. The Morgan fingerprint density at radius 2 is 2.10 bits per heavy atom. The first-order chi connectivity index (χ1) is 10.2. The minimum absolute atomic E-state index is 0.146. The number of aromatic nitrogens is 2. The second-order valence-corrected chi connectivity index (χ2v) is 4.33. The Bertz CT molecular complexity index is 863. The minimum Gasteiger partial charge on any atom is -0.462 e. The van der Waals surface area contributed by atoms with Crippen LogP contribution in [-0.2, 0) is 4.74 Å². The van der Waals surface area contributed by atoms with Crippen LogP contribution in [0.15, 0.2) is 51.9 Å².